The molecule has 0 bridgehead atoms. The van der Waals surface area contributed by atoms with E-state index in [-0.39, 0.29) is 5.97 Å². The summed E-state index contributed by atoms with van der Waals surface area (Å²) in [5.41, 5.74) is 0.868. The predicted molar refractivity (Wildman–Crippen MR) is 35.5 cm³/mol. The maximum Gasteiger partial charge on any atom is 0.320 e. The molecule has 0 aliphatic carbocycles. The fourth-order valence-electron chi connectivity index (χ4n) is 0.958. The molecule has 0 atom stereocenters. The van der Waals surface area contributed by atoms with Crippen molar-refractivity contribution in [2.24, 2.45) is 0 Å². The maximum atomic E-state index is 10.6. The fraction of sp³-hybridized carbons (Fsp3) is 0. The molecule has 0 spiro atoms. The van der Waals surface area contributed by atoms with E-state index in [1.54, 1.807) is 6.07 Å². The van der Waals surface area contributed by atoms with E-state index in [9.17, 15) is 4.79 Å². The Morgan fingerprint density at radius 1 is 1.20 bits per heavy atom. The van der Waals surface area contributed by atoms with Gasteiger partial charge in [-0.3, -0.25) is 4.79 Å². The Morgan fingerprint density at radius 3 is 2.80 bits per heavy atom. The molecule has 1 aliphatic rings. The summed E-state index contributed by atoms with van der Waals surface area (Å²) in [7, 11) is 0. The Bertz CT molecular complexity index is 251. The molecule has 1 aromatic rings. The van der Waals surface area contributed by atoms with Crippen molar-refractivity contribution in [3.63, 3.8) is 0 Å². The summed E-state index contributed by atoms with van der Waals surface area (Å²) in [5.74, 6) is 0.383. The minimum Gasteiger partial charge on any atom is -0.426 e. The SMILES string of the molecule is O=C1[CH]c2ccccc2O1. The van der Waals surface area contributed by atoms with E-state index >= 15 is 0 Å². The number of ether oxygens (including phenoxy) is 1. The predicted octanol–water partition coefficient (Wildman–Crippen LogP) is 1.16. The summed E-state index contributed by atoms with van der Waals surface area (Å²) in [5, 5.41) is 0. The molecule has 0 aromatic heterocycles. The highest BCUT2D eigenvalue weighted by Crippen LogP contribution is 2.25. The van der Waals surface area contributed by atoms with Crippen molar-refractivity contribution in [3.05, 3.63) is 36.2 Å². The molecular weight excluding hydrogens is 128 g/mol. The monoisotopic (exact) mass is 133 g/mol. The minimum atomic E-state index is -0.277. The molecule has 1 aliphatic heterocycles. The Morgan fingerprint density at radius 2 is 2.00 bits per heavy atom. The zero-order valence-corrected chi connectivity index (χ0v) is 5.20. The van der Waals surface area contributed by atoms with Crippen LogP contribution >= 0.6 is 0 Å². The lowest BCUT2D eigenvalue weighted by Gasteiger charge is -1.91. The lowest BCUT2D eigenvalue weighted by atomic mass is 10.2. The summed E-state index contributed by atoms with van der Waals surface area (Å²) in [6, 6.07) is 7.33. The first-order valence-electron chi connectivity index (χ1n) is 3.02. The van der Waals surface area contributed by atoms with Crippen LogP contribution in [0.4, 0.5) is 0 Å². The molecule has 0 saturated heterocycles. The Hall–Kier alpha value is -1.31. The minimum absolute atomic E-state index is 0.277. The first-order chi connectivity index (χ1) is 4.86. The number of rotatable bonds is 0. The van der Waals surface area contributed by atoms with Gasteiger partial charge in [0.25, 0.3) is 0 Å². The molecule has 0 saturated carbocycles. The van der Waals surface area contributed by atoms with Crippen LogP contribution < -0.4 is 4.74 Å². The van der Waals surface area contributed by atoms with Gasteiger partial charge in [0.2, 0.25) is 0 Å². The highest BCUT2D eigenvalue weighted by Gasteiger charge is 2.18. The summed E-state index contributed by atoms with van der Waals surface area (Å²) >= 11 is 0. The van der Waals surface area contributed by atoms with Crippen LogP contribution in [-0.4, -0.2) is 5.97 Å². The summed E-state index contributed by atoms with van der Waals surface area (Å²) in [6.45, 7) is 0. The van der Waals surface area contributed by atoms with Crippen LogP contribution in [0.1, 0.15) is 5.56 Å². The summed E-state index contributed by atoms with van der Waals surface area (Å²) in [4.78, 5) is 10.6. The van der Waals surface area contributed by atoms with Crippen molar-refractivity contribution in [2.45, 2.75) is 0 Å². The first-order valence-corrected chi connectivity index (χ1v) is 3.02. The molecule has 1 radical (unpaired) electrons. The quantitative estimate of drug-likeness (QED) is 0.392. The van der Waals surface area contributed by atoms with Gasteiger partial charge < -0.3 is 4.74 Å². The first kappa shape index (κ1) is 5.47. The van der Waals surface area contributed by atoms with Crippen LogP contribution in [-0.2, 0) is 4.79 Å². The van der Waals surface area contributed by atoms with Gasteiger partial charge in [0.05, 0.1) is 0 Å². The van der Waals surface area contributed by atoms with Crippen LogP contribution in [0.25, 0.3) is 0 Å². The Balaban J connectivity index is 2.51. The lowest BCUT2D eigenvalue weighted by molar-refractivity contribution is -0.128. The number of carbonyl (C=O) groups excluding carboxylic acids is 1. The number of fused-ring (bicyclic) bond motifs is 1. The van der Waals surface area contributed by atoms with E-state index in [1.165, 1.54) is 6.42 Å². The summed E-state index contributed by atoms with van der Waals surface area (Å²) in [6.07, 6.45) is 1.48. The van der Waals surface area contributed by atoms with Crippen molar-refractivity contribution in [2.75, 3.05) is 0 Å². The Labute approximate surface area is 58.4 Å². The number of para-hydroxylation sites is 1. The maximum absolute atomic E-state index is 10.6. The van der Waals surface area contributed by atoms with Gasteiger partial charge in [-0.25, -0.2) is 0 Å². The second kappa shape index (κ2) is 1.84. The molecule has 2 rings (SSSR count). The van der Waals surface area contributed by atoms with Crippen LogP contribution in [0.3, 0.4) is 0 Å². The molecule has 10 heavy (non-hydrogen) atoms. The van der Waals surface area contributed by atoms with Crippen molar-refractivity contribution in [1.82, 2.24) is 0 Å². The van der Waals surface area contributed by atoms with E-state index in [0.717, 1.165) is 5.56 Å². The van der Waals surface area contributed by atoms with Crippen molar-refractivity contribution in [1.29, 1.82) is 0 Å². The van der Waals surface area contributed by atoms with Crippen LogP contribution in [0, 0.1) is 6.42 Å². The molecule has 2 heteroatoms. The summed E-state index contributed by atoms with van der Waals surface area (Å²) < 4.78 is 4.81. The van der Waals surface area contributed by atoms with Crippen molar-refractivity contribution >= 4 is 5.97 Å². The van der Waals surface area contributed by atoms with Gasteiger partial charge in [0.1, 0.15) is 12.2 Å². The van der Waals surface area contributed by atoms with Gasteiger partial charge in [-0.15, -0.1) is 0 Å². The lowest BCUT2D eigenvalue weighted by Crippen LogP contribution is -1.98. The normalized spacial score (nSPS) is 14.6. The van der Waals surface area contributed by atoms with Gasteiger partial charge >= 0.3 is 5.97 Å². The van der Waals surface area contributed by atoms with Gasteiger partial charge in [-0.2, -0.15) is 0 Å². The molecule has 1 heterocycles. The largest absolute Gasteiger partial charge is 0.426 e. The number of hydrogen-bond donors (Lipinski definition) is 0. The third-order valence-electron chi connectivity index (χ3n) is 1.40. The highest BCUT2D eigenvalue weighted by atomic mass is 16.5. The molecule has 49 valence electrons. The number of carbonyl (C=O) groups is 1. The topological polar surface area (TPSA) is 26.3 Å². The van der Waals surface area contributed by atoms with Crippen molar-refractivity contribution < 1.29 is 9.53 Å². The van der Waals surface area contributed by atoms with Gasteiger partial charge in [0.15, 0.2) is 0 Å². The van der Waals surface area contributed by atoms with Gasteiger partial charge in [0, 0.05) is 5.56 Å². The number of benzene rings is 1. The van der Waals surface area contributed by atoms with E-state index in [2.05, 4.69) is 0 Å². The van der Waals surface area contributed by atoms with E-state index in [1.807, 2.05) is 18.2 Å². The van der Waals surface area contributed by atoms with E-state index in [4.69, 9.17) is 4.74 Å². The average Bonchev–Trinajstić information content (AvgIpc) is 2.27. The van der Waals surface area contributed by atoms with E-state index in [0.29, 0.717) is 5.75 Å². The van der Waals surface area contributed by atoms with Crippen LogP contribution in [0.15, 0.2) is 24.3 Å². The van der Waals surface area contributed by atoms with Crippen molar-refractivity contribution in [3.8, 4) is 5.75 Å². The van der Waals surface area contributed by atoms with Crippen LogP contribution in [0.5, 0.6) is 5.75 Å². The number of hydrogen-bond acceptors (Lipinski definition) is 2. The molecule has 2 nitrogen and oxygen atoms in total. The molecule has 0 fully saturated rings. The average molecular weight is 133 g/mol. The molecule has 0 N–H and O–H groups in total. The third kappa shape index (κ3) is 0.692. The van der Waals surface area contributed by atoms with Gasteiger partial charge in [-0.05, 0) is 6.07 Å². The third-order valence-corrected chi connectivity index (χ3v) is 1.40. The Kier molecular flexibility index (Phi) is 1.01. The van der Waals surface area contributed by atoms with E-state index < -0.39 is 0 Å². The highest BCUT2D eigenvalue weighted by molar-refractivity contribution is 5.90. The van der Waals surface area contributed by atoms with Gasteiger partial charge in [-0.1, -0.05) is 18.2 Å². The molecule has 0 amide bonds. The molecular formula is C8H5O2. The zero-order valence-electron chi connectivity index (χ0n) is 5.20. The molecule has 1 aromatic carbocycles. The van der Waals surface area contributed by atoms with Crippen LogP contribution in [0.2, 0.25) is 0 Å². The standard InChI is InChI=1S/C8H5O2/c9-8-5-6-3-1-2-4-7(6)10-8/h1-5H. The fourth-order valence-corrected chi connectivity index (χ4v) is 0.958. The second-order valence-corrected chi connectivity index (χ2v) is 2.10. The second-order valence-electron chi connectivity index (χ2n) is 2.10. The zero-order chi connectivity index (χ0) is 6.97. The molecule has 0 unspecified atom stereocenters. The smallest absolute Gasteiger partial charge is 0.320 e. The number of esters is 1.